The summed E-state index contributed by atoms with van der Waals surface area (Å²) in [5, 5.41) is 11.9. The van der Waals surface area contributed by atoms with Crippen LogP contribution in [0.5, 0.6) is 0 Å². The van der Waals surface area contributed by atoms with Crippen LogP contribution >= 0.6 is 0 Å². The fraction of sp³-hybridized carbons (Fsp3) is 0.276. The van der Waals surface area contributed by atoms with Crippen LogP contribution in [0.3, 0.4) is 0 Å². The summed E-state index contributed by atoms with van der Waals surface area (Å²) in [5.74, 6) is -1.81. The van der Waals surface area contributed by atoms with Gasteiger partial charge < -0.3 is 25.2 Å². The van der Waals surface area contributed by atoms with Gasteiger partial charge in [-0.2, -0.15) is 0 Å². The molecule has 0 saturated carbocycles. The topological polar surface area (TPSA) is 141 Å². The van der Waals surface area contributed by atoms with Crippen LogP contribution < -0.4 is 10.2 Å². The van der Waals surface area contributed by atoms with Crippen LogP contribution in [0.4, 0.5) is 5.69 Å². The molecule has 2 amide bonds. The Labute approximate surface area is 232 Å². The lowest BCUT2D eigenvalue weighted by molar-refractivity contribution is -0.883. The summed E-state index contributed by atoms with van der Waals surface area (Å²) in [6, 6.07) is 10.2. The number of benzene rings is 2. The van der Waals surface area contributed by atoms with Gasteiger partial charge in [0.15, 0.2) is 9.84 Å². The van der Waals surface area contributed by atoms with E-state index >= 15 is 0 Å². The molecule has 208 valence electrons. The number of piperazine rings is 1. The molecule has 3 aromatic rings. The zero-order valence-electron chi connectivity index (χ0n) is 22.5. The molecule has 4 N–H and O–H groups in total. The van der Waals surface area contributed by atoms with E-state index < -0.39 is 15.8 Å². The molecule has 11 heteroatoms. The van der Waals surface area contributed by atoms with Gasteiger partial charge in [0.25, 0.3) is 11.8 Å². The first kappa shape index (κ1) is 27.4. The van der Waals surface area contributed by atoms with Crippen LogP contribution in [-0.2, 0) is 20.4 Å². The Morgan fingerprint density at radius 1 is 1.07 bits per heavy atom. The van der Waals surface area contributed by atoms with E-state index in [1.807, 2.05) is 18.7 Å². The molecule has 1 fully saturated rings. The number of nitrogens with zero attached hydrogens (tertiary/aromatic N) is 1. The maximum atomic E-state index is 13.3. The standard InChI is InChI=1S/C29H30N4O6S/c1-17-25(30-18(2)26(17)28(35)33-12-10-32(3)11-13-33)15-23-22-14-21(8-9-24(22)31-27(23)34)40(38,39)16-19-4-6-20(7-5-19)29(36)37/h4-9,14-15,30H,10-13,16H2,1-3H3,(H,31,34)(H,36,37)/p+1/b23-15-. The van der Waals surface area contributed by atoms with Crippen molar-refractivity contribution >= 4 is 45.0 Å². The number of nitrogens with one attached hydrogen (secondary N) is 3. The number of H-pyrrole nitrogens is 1. The van der Waals surface area contributed by atoms with Crippen molar-refractivity contribution in [2.75, 3.05) is 38.5 Å². The van der Waals surface area contributed by atoms with E-state index in [2.05, 4.69) is 17.3 Å². The highest BCUT2D eigenvalue weighted by Gasteiger charge is 2.30. The molecule has 5 rings (SSSR count). The monoisotopic (exact) mass is 563 g/mol. The van der Waals surface area contributed by atoms with Crippen LogP contribution in [0.1, 0.15) is 48.8 Å². The number of carbonyl (C=O) groups excluding carboxylic acids is 2. The number of aromatic carboxylic acids is 1. The molecule has 0 bridgehead atoms. The molecule has 2 aliphatic rings. The highest BCUT2D eigenvalue weighted by atomic mass is 32.2. The number of aryl methyl sites for hydroxylation is 1. The van der Waals surface area contributed by atoms with Gasteiger partial charge in [-0.25, -0.2) is 13.2 Å². The number of aromatic amines is 1. The minimum Gasteiger partial charge on any atom is -0.478 e. The number of carboxylic acid groups (broad SMARTS) is 1. The Morgan fingerprint density at radius 2 is 1.75 bits per heavy atom. The summed E-state index contributed by atoms with van der Waals surface area (Å²) < 4.78 is 26.4. The molecule has 2 aromatic carbocycles. The highest BCUT2D eigenvalue weighted by Crippen LogP contribution is 2.36. The van der Waals surface area contributed by atoms with Crippen molar-refractivity contribution in [2.24, 2.45) is 0 Å². The number of rotatable bonds is 6. The van der Waals surface area contributed by atoms with Crippen LogP contribution in [0.2, 0.25) is 0 Å². The summed E-state index contributed by atoms with van der Waals surface area (Å²) in [6.45, 7) is 6.82. The van der Waals surface area contributed by atoms with Crippen molar-refractivity contribution in [3.8, 4) is 0 Å². The number of hydrogen-bond acceptors (Lipinski definition) is 5. The number of anilines is 1. The van der Waals surface area contributed by atoms with Crippen LogP contribution in [0.25, 0.3) is 11.6 Å². The largest absolute Gasteiger partial charge is 0.478 e. The lowest BCUT2D eigenvalue weighted by atomic mass is 10.0. The van der Waals surface area contributed by atoms with E-state index in [0.29, 0.717) is 52.4 Å². The second kappa shape index (κ2) is 10.4. The van der Waals surface area contributed by atoms with Gasteiger partial charge in [0.1, 0.15) is 0 Å². The average Bonchev–Trinajstić information content (AvgIpc) is 3.37. The molecule has 0 aliphatic carbocycles. The first-order valence-electron chi connectivity index (χ1n) is 13.0. The van der Waals surface area contributed by atoms with Crippen LogP contribution in [0.15, 0.2) is 47.4 Å². The number of amides is 2. The predicted octanol–water partition coefficient (Wildman–Crippen LogP) is 1.77. The first-order valence-corrected chi connectivity index (χ1v) is 14.6. The third-order valence-electron chi connectivity index (χ3n) is 7.57. The number of fused-ring (bicyclic) bond motifs is 1. The van der Waals surface area contributed by atoms with Gasteiger partial charge in [-0.1, -0.05) is 12.1 Å². The van der Waals surface area contributed by atoms with Crippen molar-refractivity contribution in [2.45, 2.75) is 24.5 Å². The Bertz CT molecular complexity index is 1660. The number of hydrogen-bond donors (Lipinski definition) is 4. The van der Waals surface area contributed by atoms with Gasteiger partial charge in [-0.15, -0.1) is 0 Å². The summed E-state index contributed by atoms with van der Waals surface area (Å²) in [5.41, 5.74) is 4.42. The molecule has 1 saturated heterocycles. The zero-order chi connectivity index (χ0) is 28.8. The lowest BCUT2D eigenvalue weighted by Crippen LogP contribution is -3.12. The number of likely N-dealkylation sites (N-methyl/N-ethyl adjacent to an activating group) is 1. The summed E-state index contributed by atoms with van der Waals surface area (Å²) in [7, 11) is -1.68. The van der Waals surface area contributed by atoms with Crippen LogP contribution in [-0.4, -0.2) is 74.4 Å². The molecule has 0 spiro atoms. The fourth-order valence-corrected chi connectivity index (χ4v) is 6.55. The minimum atomic E-state index is -3.79. The Morgan fingerprint density at radius 3 is 2.40 bits per heavy atom. The second-order valence-corrected chi connectivity index (χ2v) is 12.4. The van der Waals surface area contributed by atoms with Gasteiger partial charge in [0.05, 0.1) is 60.6 Å². The molecule has 0 atom stereocenters. The number of sulfone groups is 1. The smallest absolute Gasteiger partial charge is 0.335 e. The number of carboxylic acids is 1. The van der Waals surface area contributed by atoms with Gasteiger partial charge in [0, 0.05) is 22.6 Å². The van der Waals surface area contributed by atoms with Crippen molar-refractivity contribution in [3.05, 3.63) is 81.7 Å². The Kier molecular flexibility index (Phi) is 7.11. The van der Waals surface area contributed by atoms with Gasteiger partial charge in [-0.05, 0) is 61.4 Å². The quantitative estimate of drug-likeness (QED) is 0.337. The van der Waals surface area contributed by atoms with Crippen molar-refractivity contribution in [3.63, 3.8) is 0 Å². The average molecular weight is 564 g/mol. The van der Waals surface area contributed by atoms with Crippen molar-refractivity contribution in [1.29, 1.82) is 0 Å². The zero-order valence-corrected chi connectivity index (χ0v) is 23.3. The van der Waals surface area contributed by atoms with Gasteiger partial charge in [-0.3, -0.25) is 9.59 Å². The molecule has 40 heavy (non-hydrogen) atoms. The maximum absolute atomic E-state index is 13.3. The van der Waals surface area contributed by atoms with E-state index in [9.17, 15) is 22.8 Å². The Hall–Kier alpha value is -4.22. The van der Waals surface area contributed by atoms with Crippen LogP contribution in [0, 0.1) is 13.8 Å². The first-order chi connectivity index (χ1) is 18.9. The third-order valence-corrected chi connectivity index (χ3v) is 9.26. The van der Waals surface area contributed by atoms with E-state index in [0.717, 1.165) is 18.7 Å². The number of aromatic nitrogens is 1. The van der Waals surface area contributed by atoms with Gasteiger partial charge in [0.2, 0.25) is 0 Å². The van der Waals surface area contributed by atoms with Crippen molar-refractivity contribution in [1.82, 2.24) is 9.88 Å². The minimum absolute atomic E-state index is 0.0376. The maximum Gasteiger partial charge on any atom is 0.335 e. The summed E-state index contributed by atoms with van der Waals surface area (Å²) in [4.78, 5) is 43.9. The normalized spacial score (nSPS) is 16.7. The molecular weight excluding hydrogens is 532 g/mol. The van der Waals surface area contributed by atoms with E-state index in [1.165, 1.54) is 41.3 Å². The molecular formula is C29H31N4O6S+. The van der Waals surface area contributed by atoms with E-state index in [4.69, 9.17) is 5.11 Å². The molecule has 0 radical (unpaired) electrons. The third kappa shape index (κ3) is 5.17. The predicted molar refractivity (Wildman–Crippen MR) is 150 cm³/mol. The second-order valence-electron chi connectivity index (χ2n) is 10.4. The summed E-state index contributed by atoms with van der Waals surface area (Å²) >= 11 is 0. The molecule has 10 nitrogen and oxygen atoms in total. The molecule has 3 heterocycles. The molecule has 1 aromatic heterocycles. The number of carbonyl (C=O) groups is 3. The highest BCUT2D eigenvalue weighted by molar-refractivity contribution is 7.90. The van der Waals surface area contributed by atoms with E-state index in [-0.39, 0.29) is 28.0 Å². The number of quaternary nitrogens is 1. The van der Waals surface area contributed by atoms with Gasteiger partial charge >= 0.3 is 5.97 Å². The summed E-state index contributed by atoms with van der Waals surface area (Å²) in [6.07, 6.45) is 1.66. The molecule has 2 aliphatic heterocycles. The van der Waals surface area contributed by atoms with E-state index in [1.54, 1.807) is 12.1 Å². The van der Waals surface area contributed by atoms with Crippen molar-refractivity contribution < 1.29 is 32.8 Å². The Balaban J connectivity index is 1.44. The molecule has 0 unspecified atom stereocenters. The fourth-order valence-electron chi connectivity index (χ4n) is 5.18. The lowest BCUT2D eigenvalue weighted by Gasteiger charge is -2.30. The SMILES string of the molecule is Cc1[nH]c(/C=C2\C(=O)Nc3ccc(S(=O)(=O)Cc4ccc(C(=O)O)cc4)cc32)c(C)c1C(=O)N1CC[NH+](C)CC1.